The molecule has 2 saturated heterocycles. The van der Waals surface area contributed by atoms with Gasteiger partial charge in [-0.3, -0.25) is 0 Å². The Labute approximate surface area is 125 Å². The molecule has 3 aliphatic rings. The van der Waals surface area contributed by atoms with Gasteiger partial charge in [0, 0.05) is 13.1 Å². The summed E-state index contributed by atoms with van der Waals surface area (Å²) in [6.45, 7) is 8.34. The highest BCUT2D eigenvalue weighted by atomic mass is 15.2. The van der Waals surface area contributed by atoms with Gasteiger partial charge in [-0.25, -0.2) is 0 Å². The zero-order valence-electron chi connectivity index (χ0n) is 13.4. The number of piperidine rings is 2. The molecule has 20 heavy (non-hydrogen) atoms. The van der Waals surface area contributed by atoms with Gasteiger partial charge in [0.2, 0.25) is 0 Å². The molecule has 2 aliphatic heterocycles. The molecule has 0 unspecified atom stereocenters. The fourth-order valence-electron chi connectivity index (χ4n) is 4.59. The van der Waals surface area contributed by atoms with Gasteiger partial charge in [0.05, 0.1) is 0 Å². The highest BCUT2D eigenvalue weighted by Crippen LogP contribution is 2.27. The molecular weight excluding hydrogens is 244 g/mol. The maximum Gasteiger partial charge on any atom is 0.00106 e. The minimum atomic E-state index is 0.996. The summed E-state index contributed by atoms with van der Waals surface area (Å²) in [7, 11) is 0. The minimum absolute atomic E-state index is 0.996. The Hall–Kier alpha value is -0.0800. The fourth-order valence-corrected chi connectivity index (χ4v) is 4.59. The smallest absolute Gasteiger partial charge is 0.00106 e. The van der Waals surface area contributed by atoms with Gasteiger partial charge in [0.25, 0.3) is 0 Å². The Morgan fingerprint density at radius 2 is 1.00 bits per heavy atom. The van der Waals surface area contributed by atoms with Gasteiger partial charge in [-0.15, -0.1) is 0 Å². The van der Waals surface area contributed by atoms with Crippen LogP contribution in [0.3, 0.4) is 0 Å². The topological polar surface area (TPSA) is 6.48 Å². The third-order valence-corrected chi connectivity index (χ3v) is 5.91. The maximum atomic E-state index is 2.78. The van der Waals surface area contributed by atoms with Crippen molar-refractivity contribution in [1.29, 1.82) is 0 Å². The first-order valence-corrected chi connectivity index (χ1v) is 9.35. The lowest BCUT2D eigenvalue weighted by molar-refractivity contribution is 0.114. The molecule has 2 heterocycles. The zero-order valence-corrected chi connectivity index (χ0v) is 13.4. The molecule has 0 amide bonds. The first kappa shape index (κ1) is 14.8. The number of nitrogens with zero attached hydrogens (tertiary/aromatic N) is 2. The predicted octanol–water partition coefficient (Wildman–Crippen LogP) is 3.76. The second kappa shape index (κ2) is 7.79. The highest BCUT2D eigenvalue weighted by Gasteiger charge is 2.24. The van der Waals surface area contributed by atoms with Crippen LogP contribution >= 0.6 is 0 Å². The van der Waals surface area contributed by atoms with Crippen molar-refractivity contribution in [2.24, 2.45) is 11.8 Å². The molecule has 3 rings (SSSR count). The standard InChI is InChI=1S/C18H34N2/c1-3-7-17(8-4-1)15-20-13-9-18(10-14-20)16-19-11-5-2-6-12-19/h17-18H,1-16H2. The molecular formula is C18H34N2. The molecule has 1 saturated carbocycles. The van der Waals surface area contributed by atoms with Crippen LogP contribution in [0.25, 0.3) is 0 Å². The van der Waals surface area contributed by atoms with Crippen LogP contribution in [0.2, 0.25) is 0 Å². The van der Waals surface area contributed by atoms with Gasteiger partial charge in [0.1, 0.15) is 0 Å². The summed E-state index contributed by atoms with van der Waals surface area (Å²) in [4.78, 5) is 5.52. The van der Waals surface area contributed by atoms with E-state index in [1.807, 2.05) is 0 Å². The van der Waals surface area contributed by atoms with Crippen LogP contribution in [-0.2, 0) is 0 Å². The van der Waals surface area contributed by atoms with Crippen molar-refractivity contribution in [2.75, 3.05) is 39.3 Å². The number of hydrogen-bond acceptors (Lipinski definition) is 2. The van der Waals surface area contributed by atoms with Crippen LogP contribution in [0.15, 0.2) is 0 Å². The van der Waals surface area contributed by atoms with Crippen molar-refractivity contribution in [1.82, 2.24) is 9.80 Å². The van der Waals surface area contributed by atoms with E-state index < -0.39 is 0 Å². The molecule has 0 atom stereocenters. The van der Waals surface area contributed by atoms with Crippen molar-refractivity contribution in [3.63, 3.8) is 0 Å². The van der Waals surface area contributed by atoms with Crippen LogP contribution in [-0.4, -0.2) is 49.1 Å². The highest BCUT2D eigenvalue weighted by molar-refractivity contribution is 4.78. The van der Waals surface area contributed by atoms with Crippen LogP contribution in [0.4, 0.5) is 0 Å². The lowest BCUT2D eigenvalue weighted by atomic mass is 9.88. The molecule has 0 N–H and O–H groups in total. The van der Waals surface area contributed by atoms with E-state index in [2.05, 4.69) is 9.80 Å². The second-order valence-electron chi connectivity index (χ2n) is 7.61. The molecule has 2 nitrogen and oxygen atoms in total. The summed E-state index contributed by atoms with van der Waals surface area (Å²) >= 11 is 0. The normalized spacial score (nSPS) is 28.8. The van der Waals surface area contributed by atoms with Crippen LogP contribution in [0.5, 0.6) is 0 Å². The largest absolute Gasteiger partial charge is 0.303 e. The molecule has 0 bridgehead atoms. The van der Waals surface area contributed by atoms with Crippen LogP contribution in [0.1, 0.15) is 64.2 Å². The van der Waals surface area contributed by atoms with E-state index in [9.17, 15) is 0 Å². The van der Waals surface area contributed by atoms with Crippen molar-refractivity contribution in [3.8, 4) is 0 Å². The SMILES string of the molecule is C1CCC(CN2CCC(CN3CCCCC3)CC2)CC1. The second-order valence-corrected chi connectivity index (χ2v) is 7.61. The first-order valence-electron chi connectivity index (χ1n) is 9.35. The summed E-state index contributed by atoms with van der Waals surface area (Å²) in [6, 6.07) is 0. The quantitative estimate of drug-likeness (QED) is 0.772. The van der Waals surface area contributed by atoms with Gasteiger partial charge in [-0.1, -0.05) is 25.7 Å². The predicted molar refractivity (Wildman–Crippen MR) is 86.0 cm³/mol. The Bertz CT molecular complexity index is 231. The third kappa shape index (κ3) is 4.46. The number of likely N-dealkylation sites (tertiary alicyclic amines) is 2. The van der Waals surface area contributed by atoms with Crippen LogP contribution in [0, 0.1) is 11.8 Å². The Kier molecular flexibility index (Phi) is 5.78. The number of hydrogen-bond donors (Lipinski definition) is 0. The van der Waals surface area contributed by atoms with Crippen molar-refractivity contribution >= 4 is 0 Å². The average Bonchev–Trinajstić information content (AvgIpc) is 2.51. The first-order chi connectivity index (χ1) is 9.90. The lowest BCUT2D eigenvalue weighted by Gasteiger charge is -2.37. The molecule has 3 fully saturated rings. The molecule has 0 aromatic rings. The minimum Gasteiger partial charge on any atom is -0.303 e. The fraction of sp³-hybridized carbons (Fsp3) is 1.00. The third-order valence-electron chi connectivity index (χ3n) is 5.91. The Balaban J connectivity index is 1.33. The van der Waals surface area contributed by atoms with Crippen molar-refractivity contribution in [3.05, 3.63) is 0 Å². The summed E-state index contributed by atoms with van der Waals surface area (Å²) < 4.78 is 0. The van der Waals surface area contributed by atoms with Gasteiger partial charge >= 0.3 is 0 Å². The maximum absolute atomic E-state index is 2.78. The van der Waals surface area contributed by atoms with Crippen molar-refractivity contribution < 1.29 is 0 Å². The Morgan fingerprint density at radius 1 is 0.500 bits per heavy atom. The summed E-state index contributed by atoms with van der Waals surface area (Å²) in [5.41, 5.74) is 0. The molecule has 0 spiro atoms. The molecule has 0 radical (unpaired) electrons. The van der Waals surface area contributed by atoms with Crippen molar-refractivity contribution in [2.45, 2.75) is 64.2 Å². The molecule has 0 aromatic carbocycles. The van der Waals surface area contributed by atoms with Crippen LogP contribution < -0.4 is 0 Å². The molecule has 1 aliphatic carbocycles. The number of rotatable bonds is 4. The van der Waals surface area contributed by atoms with E-state index in [-0.39, 0.29) is 0 Å². The summed E-state index contributed by atoms with van der Waals surface area (Å²) in [6.07, 6.45) is 14.8. The monoisotopic (exact) mass is 278 g/mol. The zero-order chi connectivity index (χ0) is 13.6. The van der Waals surface area contributed by atoms with Gasteiger partial charge < -0.3 is 9.80 Å². The van der Waals surface area contributed by atoms with E-state index in [1.165, 1.54) is 103 Å². The van der Waals surface area contributed by atoms with Gasteiger partial charge in [-0.05, 0) is 76.5 Å². The molecule has 0 aromatic heterocycles. The van der Waals surface area contributed by atoms with Gasteiger partial charge in [-0.2, -0.15) is 0 Å². The van der Waals surface area contributed by atoms with E-state index in [4.69, 9.17) is 0 Å². The Morgan fingerprint density at radius 3 is 1.65 bits per heavy atom. The summed E-state index contributed by atoms with van der Waals surface area (Å²) in [5.74, 6) is 2.03. The van der Waals surface area contributed by atoms with E-state index >= 15 is 0 Å². The molecule has 116 valence electrons. The van der Waals surface area contributed by atoms with E-state index in [1.54, 1.807) is 0 Å². The molecule has 2 heteroatoms. The van der Waals surface area contributed by atoms with E-state index in [0.717, 1.165) is 11.8 Å². The van der Waals surface area contributed by atoms with E-state index in [0.29, 0.717) is 0 Å². The lowest BCUT2D eigenvalue weighted by Crippen LogP contribution is -2.42. The van der Waals surface area contributed by atoms with Gasteiger partial charge in [0.15, 0.2) is 0 Å². The summed E-state index contributed by atoms with van der Waals surface area (Å²) in [5, 5.41) is 0. The average molecular weight is 278 g/mol.